The van der Waals surface area contributed by atoms with E-state index in [9.17, 15) is 18.0 Å². The molecule has 4 N–H and O–H groups in total. The quantitative estimate of drug-likeness (QED) is 0.320. The predicted octanol–water partition coefficient (Wildman–Crippen LogP) is 4.63. The molecule has 2 aromatic carbocycles. The molecule has 3 aromatic rings. The number of allylic oxidation sites excluding steroid dienone is 4. The number of rotatable bonds is 9. The largest absolute Gasteiger partial charge is 0.334 e. The van der Waals surface area contributed by atoms with Crippen molar-refractivity contribution in [1.29, 1.82) is 0 Å². The van der Waals surface area contributed by atoms with Crippen molar-refractivity contribution in [1.82, 2.24) is 10.3 Å². The summed E-state index contributed by atoms with van der Waals surface area (Å²) in [4.78, 5) is 27.6. The molecule has 2 unspecified atom stereocenters. The summed E-state index contributed by atoms with van der Waals surface area (Å²) >= 11 is 0. The third-order valence-electron chi connectivity index (χ3n) is 5.84. The zero-order valence-corrected chi connectivity index (χ0v) is 21.6. The minimum Gasteiger partial charge on any atom is -0.334 e. The Morgan fingerprint density at radius 1 is 0.895 bits per heavy atom. The minimum atomic E-state index is -3.69. The van der Waals surface area contributed by atoms with Gasteiger partial charge in [-0.1, -0.05) is 42.5 Å². The van der Waals surface area contributed by atoms with Gasteiger partial charge < -0.3 is 16.0 Å². The van der Waals surface area contributed by atoms with E-state index < -0.39 is 10.0 Å². The number of anilines is 3. The van der Waals surface area contributed by atoms with Crippen LogP contribution in [0.25, 0.3) is 0 Å². The van der Waals surface area contributed by atoms with Crippen LogP contribution in [0.15, 0.2) is 97.4 Å². The molecule has 0 saturated carbocycles. The van der Waals surface area contributed by atoms with Gasteiger partial charge in [0.05, 0.1) is 5.75 Å². The lowest BCUT2D eigenvalue weighted by Gasteiger charge is -2.25. The lowest BCUT2D eigenvalue weighted by molar-refractivity contribution is -0.114. The molecular formula is C28H29N5O4S. The van der Waals surface area contributed by atoms with Crippen molar-refractivity contribution in [2.24, 2.45) is 5.92 Å². The molecule has 1 aromatic heterocycles. The number of nitrogens with one attached hydrogen (secondary N) is 4. The Bertz CT molecular complexity index is 1440. The fraction of sp³-hybridized carbons (Fsp3) is 0.179. The number of pyridine rings is 1. The average Bonchev–Trinajstić information content (AvgIpc) is 2.89. The number of amides is 3. The molecule has 9 nitrogen and oxygen atoms in total. The fourth-order valence-corrected chi connectivity index (χ4v) is 5.56. The smallest absolute Gasteiger partial charge is 0.319 e. The molecule has 0 fully saturated rings. The fourth-order valence-electron chi connectivity index (χ4n) is 4.15. The number of aromatic nitrogens is 1. The molecule has 1 aliphatic carbocycles. The zero-order chi connectivity index (χ0) is 27.0. The number of carbonyl (C=O) groups is 2. The molecule has 2 atom stereocenters. The van der Waals surface area contributed by atoms with Crippen LogP contribution in [0.5, 0.6) is 0 Å². The van der Waals surface area contributed by atoms with Gasteiger partial charge in [0.2, 0.25) is 15.9 Å². The highest BCUT2D eigenvalue weighted by Gasteiger charge is 2.26. The van der Waals surface area contributed by atoms with Crippen LogP contribution in [0.3, 0.4) is 0 Å². The lowest BCUT2D eigenvalue weighted by atomic mass is 9.84. The van der Waals surface area contributed by atoms with Gasteiger partial charge >= 0.3 is 6.03 Å². The topological polar surface area (TPSA) is 129 Å². The van der Waals surface area contributed by atoms with Gasteiger partial charge in [-0.05, 0) is 53.6 Å². The van der Waals surface area contributed by atoms with E-state index in [2.05, 4.69) is 25.7 Å². The number of carbonyl (C=O) groups excluding carboxylic acids is 2. The Morgan fingerprint density at radius 2 is 1.66 bits per heavy atom. The summed E-state index contributed by atoms with van der Waals surface area (Å²) in [5, 5.41) is 8.23. The Labute approximate surface area is 222 Å². The first kappa shape index (κ1) is 26.6. The molecule has 3 amide bonds. The van der Waals surface area contributed by atoms with Crippen LogP contribution in [0.4, 0.5) is 21.9 Å². The van der Waals surface area contributed by atoms with Crippen molar-refractivity contribution >= 4 is 39.0 Å². The molecule has 1 aliphatic rings. The van der Waals surface area contributed by atoms with Crippen molar-refractivity contribution in [3.05, 3.63) is 108 Å². The summed E-state index contributed by atoms with van der Waals surface area (Å²) in [6, 6.07) is 17.1. The van der Waals surface area contributed by atoms with Crippen molar-refractivity contribution in [3.8, 4) is 0 Å². The number of hydrogen-bond acceptors (Lipinski definition) is 5. The molecule has 0 radical (unpaired) electrons. The van der Waals surface area contributed by atoms with Gasteiger partial charge in [-0.3, -0.25) is 14.5 Å². The van der Waals surface area contributed by atoms with E-state index >= 15 is 0 Å². The van der Waals surface area contributed by atoms with Crippen LogP contribution in [0.1, 0.15) is 24.0 Å². The number of benzene rings is 2. The van der Waals surface area contributed by atoms with Gasteiger partial charge in [0, 0.05) is 54.8 Å². The third-order valence-corrected chi connectivity index (χ3v) is 7.22. The average molecular weight is 532 g/mol. The van der Waals surface area contributed by atoms with Gasteiger partial charge in [0.15, 0.2) is 0 Å². The normalized spacial score (nSPS) is 16.4. The lowest BCUT2D eigenvalue weighted by Crippen LogP contribution is -2.28. The van der Waals surface area contributed by atoms with E-state index in [1.807, 2.05) is 48.6 Å². The summed E-state index contributed by atoms with van der Waals surface area (Å²) in [7, 11) is -3.69. The number of nitrogens with zero attached hydrogens (tertiary/aromatic N) is 1. The van der Waals surface area contributed by atoms with Crippen LogP contribution in [-0.2, 0) is 21.4 Å². The first-order valence-corrected chi connectivity index (χ1v) is 13.7. The molecule has 1 heterocycles. The van der Waals surface area contributed by atoms with Crippen LogP contribution < -0.4 is 20.7 Å². The zero-order valence-electron chi connectivity index (χ0n) is 20.8. The second-order valence-corrected chi connectivity index (χ2v) is 10.7. The maximum absolute atomic E-state index is 13.0. The summed E-state index contributed by atoms with van der Waals surface area (Å²) in [5.41, 5.74) is 3.37. The number of sulfonamides is 1. The van der Waals surface area contributed by atoms with Crippen LogP contribution in [0.2, 0.25) is 0 Å². The SMILES string of the molecule is CC(=O)Nc1cccc(C2C=CC=CC2CS(=O)(=O)Nc2ccc(NC(=O)NCc3cccnc3)cc2)c1. The van der Waals surface area contributed by atoms with E-state index in [4.69, 9.17) is 0 Å². The predicted molar refractivity (Wildman–Crippen MR) is 149 cm³/mol. The maximum Gasteiger partial charge on any atom is 0.319 e. The highest BCUT2D eigenvalue weighted by molar-refractivity contribution is 7.92. The number of urea groups is 1. The summed E-state index contributed by atoms with van der Waals surface area (Å²) in [6.07, 6.45) is 10.9. The first-order chi connectivity index (χ1) is 18.3. The Hall–Kier alpha value is -4.44. The van der Waals surface area contributed by atoms with E-state index in [0.29, 0.717) is 23.6 Å². The van der Waals surface area contributed by atoms with Gasteiger partial charge in [-0.2, -0.15) is 0 Å². The van der Waals surface area contributed by atoms with Gasteiger partial charge in [-0.25, -0.2) is 13.2 Å². The van der Waals surface area contributed by atoms with Crippen molar-refractivity contribution in [3.63, 3.8) is 0 Å². The van der Waals surface area contributed by atoms with Gasteiger partial charge in [0.1, 0.15) is 0 Å². The van der Waals surface area contributed by atoms with Crippen LogP contribution in [0, 0.1) is 5.92 Å². The van der Waals surface area contributed by atoms with E-state index in [-0.39, 0.29) is 29.5 Å². The summed E-state index contributed by atoms with van der Waals surface area (Å²) in [5.74, 6) is -0.757. The third kappa shape index (κ3) is 7.78. The monoisotopic (exact) mass is 531 g/mol. The van der Waals surface area contributed by atoms with E-state index in [0.717, 1.165) is 11.1 Å². The van der Waals surface area contributed by atoms with Crippen LogP contribution in [-0.4, -0.2) is 31.1 Å². The Kier molecular flexibility index (Phi) is 8.55. The molecule has 4 rings (SSSR count). The molecule has 0 bridgehead atoms. The molecule has 38 heavy (non-hydrogen) atoms. The summed E-state index contributed by atoms with van der Waals surface area (Å²) in [6.45, 7) is 1.78. The van der Waals surface area contributed by atoms with Crippen molar-refractivity contribution in [2.75, 3.05) is 21.1 Å². The first-order valence-electron chi connectivity index (χ1n) is 12.0. The minimum absolute atomic E-state index is 0.125. The highest BCUT2D eigenvalue weighted by Crippen LogP contribution is 2.33. The van der Waals surface area contributed by atoms with Crippen molar-refractivity contribution < 1.29 is 18.0 Å². The second-order valence-electron chi connectivity index (χ2n) is 8.90. The second kappa shape index (κ2) is 12.2. The number of hydrogen-bond donors (Lipinski definition) is 4. The highest BCUT2D eigenvalue weighted by atomic mass is 32.2. The van der Waals surface area contributed by atoms with E-state index in [1.54, 1.807) is 48.8 Å². The summed E-state index contributed by atoms with van der Waals surface area (Å²) < 4.78 is 28.7. The van der Waals surface area contributed by atoms with Gasteiger partial charge in [-0.15, -0.1) is 0 Å². The van der Waals surface area contributed by atoms with Gasteiger partial charge in [0.25, 0.3) is 0 Å². The molecule has 10 heteroatoms. The molecule has 0 spiro atoms. The Morgan fingerprint density at radius 3 is 2.39 bits per heavy atom. The Balaban J connectivity index is 1.35. The molecule has 196 valence electrons. The molecule has 0 aliphatic heterocycles. The van der Waals surface area contributed by atoms with Crippen LogP contribution >= 0.6 is 0 Å². The van der Waals surface area contributed by atoms with E-state index in [1.165, 1.54) is 6.92 Å². The molecule has 0 saturated heterocycles. The molecular weight excluding hydrogens is 502 g/mol. The van der Waals surface area contributed by atoms with Crippen molar-refractivity contribution in [2.45, 2.75) is 19.4 Å². The maximum atomic E-state index is 13.0. The standard InChI is InChI=1S/C28H29N5O4S/c1-20(34)31-26-9-4-8-22(16-26)27-10-3-2-7-23(27)19-38(36,37)33-25-13-11-24(12-14-25)32-28(35)30-18-21-6-5-15-29-17-21/h2-17,23,27,33H,18-19H2,1H3,(H,31,34)(H2,30,32,35).